The summed E-state index contributed by atoms with van der Waals surface area (Å²) >= 11 is 0. The molecule has 9 nitrogen and oxygen atoms in total. The van der Waals surface area contributed by atoms with Crippen LogP contribution in [0.5, 0.6) is 5.75 Å². The van der Waals surface area contributed by atoms with Crippen molar-refractivity contribution in [2.24, 2.45) is 0 Å². The molecule has 224 valence electrons. The van der Waals surface area contributed by atoms with Crippen molar-refractivity contribution in [1.29, 1.82) is 0 Å². The van der Waals surface area contributed by atoms with E-state index >= 15 is 4.39 Å². The van der Waals surface area contributed by atoms with Crippen molar-refractivity contribution >= 4 is 23.2 Å². The van der Waals surface area contributed by atoms with Crippen LogP contribution in [-0.4, -0.2) is 84.4 Å². The van der Waals surface area contributed by atoms with Crippen LogP contribution in [0.4, 0.5) is 34.9 Å². The van der Waals surface area contributed by atoms with Crippen LogP contribution < -0.4 is 15.1 Å². The fraction of sp³-hybridized carbons (Fsp3) is 0.414. The Kier molecular flexibility index (Phi) is 8.24. The fourth-order valence-corrected chi connectivity index (χ4v) is 5.23. The van der Waals surface area contributed by atoms with Crippen LogP contribution in [0.1, 0.15) is 29.8 Å². The number of phenolic OH excluding ortho intramolecular Hbond substituents is 1. The smallest absolute Gasteiger partial charge is 0.416 e. The fourth-order valence-electron chi connectivity index (χ4n) is 5.23. The minimum absolute atomic E-state index is 0.113. The van der Waals surface area contributed by atoms with Crippen LogP contribution >= 0.6 is 0 Å². The third-order valence-corrected chi connectivity index (χ3v) is 7.78. The zero-order valence-corrected chi connectivity index (χ0v) is 23.5. The highest BCUT2D eigenvalue weighted by Gasteiger charge is 2.33. The predicted octanol–water partition coefficient (Wildman–Crippen LogP) is 4.62. The first-order valence-corrected chi connectivity index (χ1v) is 13.6. The average Bonchev–Trinajstić information content (AvgIpc) is 2.96. The maximum Gasteiger partial charge on any atom is 0.416 e. The second-order valence-electron chi connectivity index (χ2n) is 10.7. The molecular formula is C29H32F4N6O3. The van der Waals surface area contributed by atoms with Gasteiger partial charge in [0.1, 0.15) is 11.6 Å². The number of phenols is 1. The molecule has 1 amide bonds. The molecule has 2 aliphatic heterocycles. The van der Waals surface area contributed by atoms with E-state index in [2.05, 4.69) is 20.2 Å². The molecule has 2 fully saturated rings. The summed E-state index contributed by atoms with van der Waals surface area (Å²) in [5.41, 5.74) is -0.481. The van der Waals surface area contributed by atoms with Crippen molar-refractivity contribution in [3.8, 4) is 16.9 Å². The second-order valence-corrected chi connectivity index (χ2v) is 10.7. The number of carbonyl (C=O) groups excluding carboxylic acids is 1. The van der Waals surface area contributed by atoms with Gasteiger partial charge >= 0.3 is 6.18 Å². The Bertz CT molecular complexity index is 1430. The maximum absolute atomic E-state index is 15.7. The predicted molar refractivity (Wildman–Crippen MR) is 150 cm³/mol. The summed E-state index contributed by atoms with van der Waals surface area (Å²) in [6.45, 7) is 7.50. The summed E-state index contributed by atoms with van der Waals surface area (Å²) in [6.07, 6.45) is -1.78. The Morgan fingerprint density at radius 1 is 1.00 bits per heavy atom. The van der Waals surface area contributed by atoms with Gasteiger partial charge < -0.3 is 25.0 Å². The lowest BCUT2D eigenvalue weighted by molar-refractivity contribution is -0.137. The Hall–Kier alpha value is -3.97. The number of ether oxygens (including phenoxy) is 1. The number of benzene rings is 2. The number of amides is 1. The van der Waals surface area contributed by atoms with E-state index in [-0.39, 0.29) is 23.3 Å². The normalized spacial score (nSPS) is 20.1. The molecule has 5 rings (SSSR count). The van der Waals surface area contributed by atoms with E-state index in [0.29, 0.717) is 68.7 Å². The molecule has 0 radical (unpaired) electrons. The van der Waals surface area contributed by atoms with Crippen molar-refractivity contribution in [3.63, 3.8) is 0 Å². The topological polar surface area (TPSA) is 94.1 Å². The summed E-state index contributed by atoms with van der Waals surface area (Å²) in [5, 5.41) is 12.6. The molecule has 2 saturated heterocycles. The van der Waals surface area contributed by atoms with E-state index in [4.69, 9.17) is 4.74 Å². The maximum atomic E-state index is 15.7. The number of alkyl halides is 3. The highest BCUT2D eigenvalue weighted by Crippen LogP contribution is 2.37. The largest absolute Gasteiger partial charge is 0.508 e. The van der Waals surface area contributed by atoms with Gasteiger partial charge in [-0.15, -0.1) is 0 Å². The van der Waals surface area contributed by atoms with E-state index in [1.807, 2.05) is 30.7 Å². The molecule has 0 saturated carbocycles. The summed E-state index contributed by atoms with van der Waals surface area (Å²) in [7, 11) is 2.00. The molecule has 2 atom stereocenters. The van der Waals surface area contributed by atoms with Crippen molar-refractivity contribution in [3.05, 3.63) is 59.7 Å². The van der Waals surface area contributed by atoms with Gasteiger partial charge in [-0.3, -0.25) is 9.69 Å². The number of morpholine rings is 1. The Morgan fingerprint density at radius 3 is 2.26 bits per heavy atom. The summed E-state index contributed by atoms with van der Waals surface area (Å²) in [5.74, 6) is -1.67. The van der Waals surface area contributed by atoms with Gasteiger partial charge in [-0.25, -0.2) is 14.4 Å². The van der Waals surface area contributed by atoms with Gasteiger partial charge in [-0.05, 0) is 51.2 Å². The van der Waals surface area contributed by atoms with Gasteiger partial charge in [0, 0.05) is 67.3 Å². The SMILES string of the molecule is CC1CN(c2cc(F)c(-c3cnc(N4CCOCC4)nc3)cc2NC(=O)c2cc(O)cc(C(F)(F)F)c2)CC(C)N1C. The van der Waals surface area contributed by atoms with Crippen molar-refractivity contribution in [1.82, 2.24) is 14.9 Å². The van der Waals surface area contributed by atoms with Crippen molar-refractivity contribution in [2.45, 2.75) is 32.1 Å². The molecule has 42 heavy (non-hydrogen) atoms. The molecule has 3 aromatic rings. The molecule has 2 unspecified atom stereocenters. The van der Waals surface area contributed by atoms with Gasteiger partial charge in [0.15, 0.2) is 0 Å². The number of nitrogens with one attached hydrogen (secondary N) is 1. The zero-order valence-electron chi connectivity index (χ0n) is 23.5. The van der Waals surface area contributed by atoms with Gasteiger partial charge in [-0.1, -0.05) is 0 Å². The Morgan fingerprint density at radius 2 is 1.64 bits per heavy atom. The number of hydrogen-bond acceptors (Lipinski definition) is 8. The summed E-state index contributed by atoms with van der Waals surface area (Å²) in [4.78, 5) is 28.1. The molecular weight excluding hydrogens is 556 g/mol. The first-order chi connectivity index (χ1) is 19.9. The second kappa shape index (κ2) is 11.7. The molecule has 1 aromatic heterocycles. The number of hydrogen-bond donors (Lipinski definition) is 2. The van der Waals surface area contributed by atoms with E-state index in [1.54, 1.807) is 0 Å². The number of anilines is 3. The van der Waals surface area contributed by atoms with E-state index in [1.165, 1.54) is 24.5 Å². The van der Waals surface area contributed by atoms with E-state index in [9.17, 15) is 23.1 Å². The van der Waals surface area contributed by atoms with Crippen LogP contribution in [0.25, 0.3) is 11.1 Å². The molecule has 2 aliphatic rings. The minimum Gasteiger partial charge on any atom is -0.508 e. The minimum atomic E-state index is -4.76. The first kappa shape index (κ1) is 29.5. The molecule has 0 aliphatic carbocycles. The number of rotatable bonds is 5. The molecule has 3 heterocycles. The monoisotopic (exact) mass is 588 g/mol. The van der Waals surface area contributed by atoms with E-state index in [0.717, 1.165) is 6.07 Å². The van der Waals surface area contributed by atoms with Crippen LogP contribution in [0.3, 0.4) is 0 Å². The highest BCUT2D eigenvalue weighted by molar-refractivity contribution is 6.06. The number of halogens is 4. The third kappa shape index (κ3) is 6.26. The van der Waals surface area contributed by atoms with Crippen LogP contribution in [0.15, 0.2) is 42.7 Å². The van der Waals surface area contributed by atoms with Gasteiger partial charge in [0.2, 0.25) is 5.95 Å². The summed E-state index contributed by atoms with van der Waals surface area (Å²) < 4.78 is 61.2. The number of aromatic hydroxyl groups is 1. The number of piperazine rings is 1. The van der Waals surface area contributed by atoms with Gasteiger partial charge in [0.25, 0.3) is 5.91 Å². The molecule has 13 heteroatoms. The number of likely N-dealkylation sites (N-methyl/N-ethyl adjacent to an activating group) is 1. The highest BCUT2D eigenvalue weighted by atomic mass is 19.4. The van der Waals surface area contributed by atoms with E-state index < -0.39 is 34.8 Å². The van der Waals surface area contributed by atoms with Crippen molar-refractivity contribution < 1.29 is 32.2 Å². The third-order valence-electron chi connectivity index (χ3n) is 7.78. The van der Waals surface area contributed by atoms with Gasteiger partial charge in [-0.2, -0.15) is 13.2 Å². The Labute approximate surface area is 240 Å². The average molecular weight is 589 g/mol. The lowest BCUT2D eigenvalue weighted by atomic mass is 10.0. The zero-order chi connectivity index (χ0) is 30.2. The molecule has 0 bridgehead atoms. The quantitative estimate of drug-likeness (QED) is 0.417. The number of carbonyl (C=O) groups is 1. The lowest BCUT2D eigenvalue weighted by Crippen LogP contribution is -2.55. The molecule has 2 aromatic carbocycles. The van der Waals surface area contributed by atoms with Crippen LogP contribution in [0.2, 0.25) is 0 Å². The summed E-state index contributed by atoms with van der Waals surface area (Å²) in [6, 6.07) is 5.14. The lowest BCUT2D eigenvalue weighted by Gasteiger charge is -2.44. The standard InChI is InChI=1S/C29H32F4N6O3/c1-17-15-39(16-18(2)37(17)3)26-12-24(30)23(20-13-34-28(35-14-20)38-4-6-42-7-5-38)11-25(26)36-27(41)19-8-21(29(31,32)33)10-22(40)9-19/h8-14,17-18,40H,4-7,15-16H2,1-3H3,(H,36,41). The van der Waals surface area contributed by atoms with Crippen LogP contribution in [0, 0.1) is 5.82 Å². The van der Waals surface area contributed by atoms with Gasteiger partial charge in [0.05, 0.1) is 30.2 Å². The van der Waals surface area contributed by atoms with Crippen LogP contribution in [-0.2, 0) is 10.9 Å². The molecule has 2 N–H and O–H groups in total. The van der Waals surface area contributed by atoms with Crippen molar-refractivity contribution in [2.75, 3.05) is 61.6 Å². The number of aromatic nitrogens is 2. The number of nitrogens with zero attached hydrogens (tertiary/aromatic N) is 5. The Balaban J connectivity index is 1.52. The molecule has 0 spiro atoms. The first-order valence-electron chi connectivity index (χ1n) is 13.6.